The van der Waals surface area contributed by atoms with E-state index in [-0.39, 0.29) is 11.7 Å². The van der Waals surface area contributed by atoms with Crippen LogP contribution in [0, 0.1) is 11.8 Å². The van der Waals surface area contributed by atoms with E-state index in [0.29, 0.717) is 11.7 Å². The minimum atomic E-state index is 0.141. The van der Waals surface area contributed by atoms with Crippen molar-refractivity contribution < 1.29 is 4.79 Å². The largest absolute Gasteiger partial charge is 0.314 e. The molecule has 1 saturated carbocycles. The molecular formula is C8H11N3O. The summed E-state index contributed by atoms with van der Waals surface area (Å²) in [6.07, 6.45) is 2.56. The number of carbonyl (C=O) groups is 1. The monoisotopic (exact) mass is 165 g/mol. The van der Waals surface area contributed by atoms with E-state index >= 15 is 0 Å². The summed E-state index contributed by atoms with van der Waals surface area (Å²) >= 11 is 0. The molecule has 0 amide bonds. The van der Waals surface area contributed by atoms with E-state index in [1.54, 1.807) is 17.9 Å². The normalized spacial score (nSPS) is 27.2. The molecule has 12 heavy (non-hydrogen) atoms. The van der Waals surface area contributed by atoms with Crippen LogP contribution in [0.3, 0.4) is 0 Å². The van der Waals surface area contributed by atoms with E-state index in [0.717, 1.165) is 6.42 Å². The van der Waals surface area contributed by atoms with Crippen LogP contribution in [-0.2, 0) is 7.05 Å². The van der Waals surface area contributed by atoms with Gasteiger partial charge in [0.2, 0.25) is 5.78 Å². The number of aryl methyl sites for hydroxylation is 1. The summed E-state index contributed by atoms with van der Waals surface area (Å²) in [5.74, 6) is 1.37. The zero-order valence-electron chi connectivity index (χ0n) is 7.19. The Kier molecular flexibility index (Phi) is 1.49. The Morgan fingerprint density at radius 2 is 2.42 bits per heavy atom. The fourth-order valence-electron chi connectivity index (χ4n) is 1.36. The molecule has 0 aromatic carbocycles. The smallest absolute Gasteiger partial charge is 0.203 e. The van der Waals surface area contributed by atoms with Crippen LogP contribution in [0.5, 0.6) is 0 Å². The molecule has 0 saturated heterocycles. The average molecular weight is 165 g/mol. The lowest BCUT2D eigenvalue weighted by Gasteiger charge is -1.96. The van der Waals surface area contributed by atoms with Crippen LogP contribution in [0.25, 0.3) is 0 Å². The Labute approximate surface area is 70.6 Å². The highest BCUT2D eigenvalue weighted by atomic mass is 16.1. The summed E-state index contributed by atoms with van der Waals surface area (Å²) in [6, 6.07) is 0. The molecule has 64 valence electrons. The van der Waals surface area contributed by atoms with Crippen LogP contribution in [0.15, 0.2) is 6.33 Å². The van der Waals surface area contributed by atoms with Gasteiger partial charge < -0.3 is 4.57 Å². The number of ketones is 1. The molecule has 1 aromatic heterocycles. The molecule has 0 N–H and O–H groups in total. The Morgan fingerprint density at radius 3 is 2.83 bits per heavy atom. The summed E-state index contributed by atoms with van der Waals surface area (Å²) in [4.78, 5) is 11.6. The first-order valence-corrected chi connectivity index (χ1v) is 4.08. The van der Waals surface area contributed by atoms with Gasteiger partial charge in [-0.25, -0.2) is 0 Å². The molecule has 0 aliphatic heterocycles. The molecule has 2 rings (SSSR count). The first-order valence-electron chi connectivity index (χ1n) is 4.08. The number of carbonyl (C=O) groups excluding carboxylic acids is 1. The molecule has 0 bridgehead atoms. The Morgan fingerprint density at radius 1 is 1.75 bits per heavy atom. The predicted octanol–water partition coefficient (Wildman–Crippen LogP) is 0.654. The van der Waals surface area contributed by atoms with Crippen LogP contribution < -0.4 is 0 Å². The maximum atomic E-state index is 11.6. The molecular weight excluding hydrogens is 154 g/mol. The lowest BCUT2D eigenvalue weighted by atomic mass is 10.2. The second-order valence-corrected chi connectivity index (χ2v) is 3.45. The van der Waals surface area contributed by atoms with Gasteiger partial charge in [-0.05, 0) is 12.3 Å². The molecule has 1 fully saturated rings. The van der Waals surface area contributed by atoms with Crippen molar-refractivity contribution in [2.24, 2.45) is 18.9 Å². The van der Waals surface area contributed by atoms with Crippen molar-refractivity contribution in [2.75, 3.05) is 0 Å². The summed E-state index contributed by atoms with van der Waals surface area (Å²) < 4.78 is 1.67. The van der Waals surface area contributed by atoms with Crippen molar-refractivity contribution in [1.82, 2.24) is 14.8 Å². The van der Waals surface area contributed by atoms with E-state index in [1.807, 2.05) is 0 Å². The van der Waals surface area contributed by atoms with Gasteiger partial charge in [0.1, 0.15) is 6.33 Å². The van der Waals surface area contributed by atoms with Gasteiger partial charge in [-0.1, -0.05) is 6.92 Å². The fourth-order valence-corrected chi connectivity index (χ4v) is 1.36. The highest BCUT2D eigenvalue weighted by molar-refractivity contribution is 5.96. The lowest BCUT2D eigenvalue weighted by molar-refractivity contribution is 0.0948. The summed E-state index contributed by atoms with van der Waals surface area (Å²) in [5.41, 5.74) is 0. The van der Waals surface area contributed by atoms with Gasteiger partial charge >= 0.3 is 0 Å². The van der Waals surface area contributed by atoms with Crippen LogP contribution in [0.2, 0.25) is 0 Å². The number of Topliss-reactive ketones (excluding diaryl/α,β-unsaturated/α-hetero) is 1. The van der Waals surface area contributed by atoms with Crippen molar-refractivity contribution in [1.29, 1.82) is 0 Å². The summed E-state index contributed by atoms with van der Waals surface area (Å²) in [6.45, 7) is 2.08. The summed E-state index contributed by atoms with van der Waals surface area (Å²) in [5, 5.41) is 7.44. The number of hydrogen-bond acceptors (Lipinski definition) is 3. The number of aromatic nitrogens is 3. The molecule has 1 heterocycles. The predicted molar refractivity (Wildman–Crippen MR) is 42.6 cm³/mol. The highest BCUT2D eigenvalue weighted by Gasteiger charge is 2.41. The minimum Gasteiger partial charge on any atom is -0.314 e. The molecule has 4 heteroatoms. The maximum absolute atomic E-state index is 11.6. The van der Waals surface area contributed by atoms with Gasteiger partial charge in [-0.15, -0.1) is 10.2 Å². The van der Waals surface area contributed by atoms with Crippen molar-refractivity contribution in [3.63, 3.8) is 0 Å². The summed E-state index contributed by atoms with van der Waals surface area (Å²) in [7, 11) is 1.79. The Balaban J connectivity index is 2.20. The van der Waals surface area contributed by atoms with Crippen molar-refractivity contribution in [3.05, 3.63) is 12.2 Å². The van der Waals surface area contributed by atoms with Crippen LogP contribution in [0.1, 0.15) is 24.0 Å². The second kappa shape index (κ2) is 2.40. The third-order valence-corrected chi connectivity index (χ3v) is 2.38. The molecule has 0 radical (unpaired) electrons. The number of nitrogens with zero attached hydrogens (tertiary/aromatic N) is 3. The second-order valence-electron chi connectivity index (χ2n) is 3.45. The van der Waals surface area contributed by atoms with E-state index in [9.17, 15) is 4.79 Å². The van der Waals surface area contributed by atoms with Crippen LogP contribution in [0.4, 0.5) is 0 Å². The van der Waals surface area contributed by atoms with Gasteiger partial charge in [0.05, 0.1) is 0 Å². The zero-order chi connectivity index (χ0) is 8.72. The third kappa shape index (κ3) is 1.03. The van der Waals surface area contributed by atoms with Gasteiger partial charge in [-0.3, -0.25) is 4.79 Å². The SMILES string of the molecule is CC1CC1C(=O)c1nncn1C. The zero-order valence-corrected chi connectivity index (χ0v) is 7.19. The van der Waals surface area contributed by atoms with E-state index < -0.39 is 0 Å². The molecule has 2 unspecified atom stereocenters. The van der Waals surface area contributed by atoms with Crippen molar-refractivity contribution in [3.8, 4) is 0 Å². The highest BCUT2D eigenvalue weighted by Crippen LogP contribution is 2.39. The molecule has 2 atom stereocenters. The maximum Gasteiger partial charge on any atom is 0.203 e. The van der Waals surface area contributed by atoms with E-state index in [1.165, 1.54) is 0 Å². The van der Waals surface area contributed by atoms with Crippen LogP contribution >= 0.6 is 0 Å². The van der Waals surface area contributed by atoms with Gasteiger partial charge in [0.15, 0.2) is 5.82 Å². The molecule has 1 aliphatic rings. The first kappa shape index (κ1) is 7.46. The fraction of sp³-hybridized carbons (Fsp3) is 0.625. The van der Waals surface area contributed by atoms with Crippen LogP contribution in [-0.4, -0.2) is 20.5 Å². The third-order valence-electron chi connectivity index (χ3n) is 2.38. The standard InChI is InChI=1S/C8H11N3O/c1-5-3-6(5)7(12)8-10-9-4-11(8)2/h4-6H,3H2,1-2H3. The molecule has 1 aliphatic carbocycles. The molecule has 4 nitrogen and oxygen atoms in total. The van der Waals surface area contributed by atoms with Gasteiger partial charge in [-0.2, -0.15) is 0 Å². The number of hydrogen-bond donors (Lipinski definition) is 0. The van der Waals surface area contributed by atoms with Gasteiger partial charge in [0.25, 0.3) is 0 Å². The quantitative estimate of drug-likeness (QED) is 0.604. The minimum absolute atomic E-state index is 0.141. The molecule has 1 aromatic rings. The van der Waals surface area contributed by atoms with E-state index in [2.05, 4.69) is 17.1 Å². The number of rotatable bonds is 2. The first-order chi connectivity index (χ1) is 5.70. The van der Waals surface area contributed by atoms with Crippen molar-refractivity contribution in [2.45, 2.75) is 13.3 Å². The van der Waals surface area contributed by atoms with Crippen molar-refractivity contribution >= 4 is 5.78 Å². The average Bonchev–Trinajstić information content (AvgIpc) is 2.59. The van der Waals surface area contributed by atoms with Gasteiger partial charge in [0, 0.05) is 13.0 Å². The van der Waals surface area contributed by atoms with E-state index in [4.69, 9.17) is 0 Å². The Hall–Kier alpha value is -1.19. The topological polar surface area (TPSA) is 47.8 Å². The Bertz CT molecular complexity index is 318. The lowest BCUT2D eigenvalue weighted by Crippen LogP contribution is -2.09. The molecule has 0 spiro atoms.